The molecule has 78 valence electrons. The number of rotatable bonds is 1. The number of carbonyl (C=O) groups is 2. The van der Waals surface area contributed by atoms with Crippen molar-refractivity contribution >= 4 is 11.8 Å². The molecule has 0 aromatic carbocycles. The van der Waals surface area contributed by atoms with Crippen molar-refractivity contribution < 1.29 is 14.3 Å². The van der Waals surface area contributed by atoms with Gasteiger partial charge in [0.1, 0.15) is 5.54 Å². The Balaban J connectivity index is 2.13. The average molecular weight is 198 g/mol. The Bertz CT molecular complexity index is 273. The fourth-order valence-electron chi connectivity index (χ4n) is 1.94. The molecule has 2 N–H and O–H groups in total. The van der Waals surface area contributed by atoms with Gasteiger partial charge in [-0.2, -0.15) is 0 Å². The lowest BCUT2D eigenvalue weighted by Gasteiger charge is -2.36. The van der Waals surface area contributed by atoms with Crippen LogP contribution in [0, 0.1) is 0 Å². The third-order valence-corrected chi connectivity index (χ3v) is 2.91. The summed E-state index contributed by atoms with van der Waals surface area (Å²) in [5.41, 5.74) is -0.746. The number of hydrogen-bond acceptors (Lipinski definition) is 4. The zero-order chi connectivity index (χ0) is 10.2. The fourth-order valence-corrected chi connectivity index (χ4v) is 1.94. The summed E-state index contributed by atoms with van der Waals surface area (Å²) in [7, 11) is 0. The second-order valence-electron chi connectivity index (χ2n) is 3.93. The highest BCUT2D eigenvalue weighted by atomic mass is 16.5. The van der Waals surface area contributed by atoms with E-state index >= 15 is 0 Å². The molecule has 2 heterocycles. The van der Waals surface area contributed by atoms with Crippen LogP contribution in [-0.2, 0) is 14.3 Å². The lowest BCUT2D eigenvalue weighted by atomic mass is 9.90. The summed E-state index contributed by atoms with van der Waals surface area (Å²) in [6.07, 6.45) is 1.73. The van der Waals surface area contributed by atoms with Gasteiger partial charge in [0, 0.05) is 6.61 Å². The predicted octanol–water partition coefficient (Wildman–Crippen LogP) is -0.830. The number of ether oxygens (including phenoxy) is 1. The molecule has 0 bridgehead atoms. The molecule has 14 heavy (non-hydrogen) atoms. The molecule has 0 spiro atoms. The van der Waals surface area contributed by atoms with Crippen LogP contribution in [0.5, 0.6) is 0 Å². The van der Waals surface area contributed by atoms with Gasteiger partial charge in [-0.05, 0) is 19.8 Å². The number of piperazine rings is 1. The van der Waals surface area contributed by atoms with Crippen molar-refractivity contribution in [1.29, 1.82) is 0 Å². The predicted molar refractivity (Wildman–Crippen MR) is 48.5 cm³/mol. The number of carbonyl (C=O) groups excluding carboxylic acids is 2. The zero-order valence-electron chi connectivity index (χ0n) is 8.13. The Kier molecular flexibility index (Phi) is 2.28. The maximum Gasteiger partial charge on any atom is 0.249 e. The smallest absolute Gasteiger partial charge is 0.249 e. The van der Waals surface area contributed by atoms with Crippen LogP contribution < -0.4 is 10.6 Å². The van der Waals surface area contributed by atoms with Crippen molar-refractivity contribution in [2.24, 2.45) is 0 Å². The van der Waals surface area contributed by atoms with E-state index in [2.05, 4.69) is 10.6 Å². The van der Waals surface area contributed by atoms with E-state index in [0.717, 1.165) is 12.8 Å². The van der Waals surface area contributed by atoms with E-state index in [1.54, 1.807) is 6.92 Å². The molecule has 2 atom stereocenters. The molecule has 0 radical (unpaired) electrons. The topological polar surface area (TPSA) is 67.4 Å². The van der Waals surface area contributed by atoms with Crippen LogP contribution in [0.1, 0.15) is 19.8 Å². The van der Waals surface area contributed by atoms with E-state index in [0.29, 0.717) is 6.61 Å². The van der Waals surface area contributed by atoms with E-state index in [1.165, 1.54) is 0 Å². The molecule has 2 aliphatic heterocycles. The van der Waals surface area contributed by atoms with Crippen LogP contribution in [0.3, 0.4) is 0 Å². The minimum Gasteiger partial charge on any atom is -0.376 e. The standard InChI is InChI=1S/C9H14N2O3/c1-9(6-3-2-4-14-6)8(13)11-7(12)5-10-9/h6,10H,2-5H2,1H3,(H,11,12,13). The summed E-state index contributed by atoms with van der Waals surface area (Å²) in [5.74, 6) is -0.550. The molecule has 2 saturated heterocycles. The minimum atomic E-state index is -0.746. The average Bonchev–Trinajstić information content (AvgIpc) is 2.65. The van der Waals surface area contributed by atoms with Crippen LogP contribution in [0.2, 0.25) is 0 Å². The van der Waals surface area contributed by atoms with E-state index in [9.17, 15) is 9.59 Å². The van der Waals surface area contributed by atoms with Gasteiger partial charge in [-0.1, -0.05) is 0 Å². The van der Waals surface area contributed by atoms with Gasteiger partial charge in [0.25, 0.3) is 0 Å². The largest absolute Gasteiger partial charge is 0.376 e. The van der Waals surface area contributed by atoms with Crippen molar-refractivity contribution in [2.75, 3.05) is 13.2 Å². The molecule has 5 nitrogen and oxygen atoms in total. The van der Waals surface area contributed by atoms with Crippen molar-refractivity contribution in [3.63, 3.8) is 0 Å². The Morgan fingerprint density at radius 1 is 1.50 bits per heavy atom. The molecular weight excluding hydrogens is 184 g/mol. The van der Waals surface area contributed by atoms with Crippen LogP contribution in [0.15, 0.2) is 0 Å². The number of amides is 2. The molecule has 0 aliphatic carbocycles. The summed E-state index contributed by atoms with van der Waals surface area (Å²) in [6, 6.07) is 0. The highest BCUT2D eigenvalue weighted by Crippen LogP contribution is 2.25. The van der Waals surface area contributed by atoms with Crippen LogP contribution >= 0.6 is 0 Å². The van der Waals surface area contributed by atoms with Crippen LogP contribution in [0.25, 0.3) is 0 Å². The second kappa shape index (κ2) is 3.33. The minimum absolute atomic E-state index is 0.115. The van der Waals surface area contributed by atoms with E-state index in [4.69, 9.17) is 4.74 Å². The van der Waals surface area contributed by atoms with Gasteiger partial charge < -0.3 is 4.74 Å². The fraction of sp³-hybridized carbons (Fsp3) is 0.778. The zero-order valence-corrected chi connectivity index (χ0v) is 8.13. The molecule has 5 heteroatoms. The van der Waals surface area contributed by atoms with Crippen molar-refractivity contribution in [3.8, 4) is 0 Å². The first-order valence-corrected chi connectivity index (χ1v) is 4.84. The Morgan fingerprint density at radius 3 is 2.86 bits per heavy atom. The maximum absolute atomic E-state index is 11.6. The maximum atomic E-state index is 11.6. The van der Waals surface area contributed by atoms with Gasteiger partial charge >= 0.3 is 0 Å². The molecule has 0 aromatic rings. The first kappa shape index (κ1) is 9.61. The molecule has 2 rings (SSSR count). The first-order valence-electron chi connectivity index (χ1n) is 4.84. The highest BCUT2D eigenvalue weighted by molar-refractivity contribution is 6.03. The lowest BCUT2D eigenvalue weighted by molar-refractivity contribution is -0.142. The Labute approximate surface area is 82.2 Å². The van der Waals surface area contributed by atoms with E-state index < -0.39 is 5.54 Å². The first-order chi connectivity index (χ1) is 6.63. The summed E-state index contributed by atoms with van der Waals surface area (Å²) in [6.45, 7) is 2.66. The number of hydrogen-bond donors (Lipinski definition) is 2. The number of nitrogens with one attached hydrogen (secondary N) is 2. The molecule has 0 saturated carbocycles. The third kappa shape index (κ3) is 1.42. The Hall–Kier alpha value is -0.940. The van der Waals surface area contributed by atoms with Gasteiger partial charge in [-0.25, -0.2) is 0 Å². The SMILES string of the molecule is CC1(C2CCCO2)NCC(=O)NC1=O. The van der Waals surface area contributed by atoms with Crippen molar-refractivity contribution in [1.82, 2.24) is 10.6 Å². The van der Waals surface area contributed by atoms with Crippen LogP contribution in [-0.4, -0.2) is 36.6 Å². The van der Waals surface area contributed by atoms with E-state index in [-0.39, 0.29) is 24.5 Å². The van der Waals surface area contributed by atoms with Crippen LogP contribution in [0.4, 0.5) is 0 Å². The molecule has 2 amide bonds. The van der Waals surface area contributed by atoms with Gasteiger partial charge in [-0.3, -0.25) is 20.2 Å². The van der Waals surface area contributed by atoms with Gasteiger partial charge in [0.05, 0.1) is 12.6 Å². The molecular formula is C9H14N2O3. The highest BCUT2D eigenvalue weighted by Gasteiger charge is 2.46. The molecule has 0 aromatic heterocycles. The summed E-state index contributed by atoms with van der Waals surface area (Å²) >= 11 is 0. The molecule has 2 aliphatic rings. The van der Waals surface area contributed by atoms with Gasteiger partial charge in [-0.15, -0.1) is 0 Å². The third-order valence-electron chi connectivity index (χ3n) is 2.91. The van der Waals surface area contributed by atoms with Gasteiger partial charge in [0.2, 0.25) is 11.8 Å². The van der Waals surface area contributed by atoms with Gasteiger partial charge in [0.15, 0.2) is 0 Å². The monoisotopic (exact) mass is 198 g/mol. The van der Waals surface area contributed by atoms with E-state index in [1.807, 2.05) is 0 Å². The second-order valence-corrected chi connectivity index (χ2v) is 3.93. The number of imide groups is 1. The normalized spacial score (nSPS) is 38.5. The Morgan fingerprint density at radius 2 is 2.29 bits per heavy atom. The lowest BCUT2D eigenvalue weighted by Crippen LogP contribution is -2.68. The quantitative estimate of drug-likeness (QED) is 0.540. The molecule has 2 fully saturated rings. The summed E-state index contributed by atoms with van der Waals surface area (Å²) < 4.78 is 5.47. The molecule has 2 unspecified atom stereocenters. The summed E-state index contributed by atoms with van der Waals surface area (Å²) in [4.78, 5) is 22.6. The summed E-state index contributed by atoms with van der Waals surface area (Å²) in [5, 5.41) is 5.28. The van der Waals surface area contributed by atoms with Crippen molar-refractivity contribution in [3.05, 3.63) is 0 Å². The van der Waals surface area contributed by atoms with Crippen molar-refractivity contribution in [2.45, 2.75) is 31.4 Å².